The van der Waals surface area contributed by atoms with E-state index in [4.69, 9.17) is 10.5 Å². The summed E-state index contributed by atoms with van der Waals surface area (Å²) < 4.78 is 28.4. The van der Waals surface area contributed by atoms with Gasteiger partial charge >= 0.3 is 5.97 Å². The van der Waals surface area contributed by atoms with Crippen LogP contribution in [0.5, 0.6) is 0 Å². The number of sulfone groups is 1. The predicted octanol–water partition coefficient (Wildman–Crippen LogP) is 1.69. The third kappa shape index (κ3) is 2.73. The second kappa shape index (κ2) is 5.21. The van der Waals surface area contributed by atoms with E-state index in [0.717, 1.165) is 0 Å². The third-order valence-electron chi connectivity index (χ3n) is 2.94. The van der Waals surface area contributed by atoms with Gasteiger partial charge in [0.2, 0.25) is 0 Å². The number of nitrogens with two attached hydrogens (primary N) is 1. The molecule has 0 radical (unpaired) electrons. The normalized spacial score (nSPS) is 12.2. The number of nitrogen functional groups attached to an aromatic ring is 1. The maximum Gasteiger partial charge on any atom is 0.327 e. The van der Waals surface area contributed by atoms with Gasteiger partial charge < -0.3 is 10.5 Å². The first-order valence-corrected chi connectivity index (χ1v) is 7.41. The van der Waals surface area contributed by atoms with Crippen molar-refractivity contribution in [3.05, 3.63) is 23.8 Å². The van der Waals surface area contributed by atoms with Gasteiger partial charge in [0.05, 0.1) is 11.5 Å². The average molecular weight is 285 g/mol. The maximum absolute atomic E-state index is 12.6. The van der Waals surface area contributed by atoms with Crippen LogP contribution in [0.3, 0.4) is 0 Å². The van der Waals surface area contributed by atoms with Crippen LogP contribution in [0.15, 0.2) is 23.1 Å². The second-order valence-corrected chi connectivity index (χ2v) is 7.23. The molecule has 0 aliphatic carbocycles. The van der Waals surface area contributed by atoms with Gasteiger partial charge in [0.25, 0.3) is 0 Å². The minimum absolute atomic E-state index is 0.0607. The molecule has 0 atom stereocenters. The first-order valence-electron chi connectivity index (χ1n) is 5.92. The number of benzene rings is 1. The van der Waals surface area contributed by atoms with Gasteiger partial charge in [-0.05, 0) is 45.4 Å². The Morgan fingerprint density at radius 3 is 2.47 bits per heavy atom. The molecular formula is C13H19NO4S. The van der Waals surface area contributed by atoms with Crippen molar-refractivity contribution in [3.8, 4) is 0 Å². The highest BCUT2D eigenvalue weighted by atomic mass is 32.2. The fourth-order valence-corrected chi connectivity index (χ4v) is 3.21. The molecule has 0 unspecified atom stereocenters. The van der Waals surface area contributed by atoms with Crippen molar-refractivity contribution in [1.82, 2.24) is 0 Å². The Bertz CT molecular complexity index is 591. The Kier molecular flexibility index (Phi) is 4.25. The summed E-state index contributed by atoms with van der Waals surface area (Å²) in [5.74, 6) is -0.767. The zero-order chi connectivity index (χ0) is 14.8. The molecule has 1 aromatic rings. The van der Waals surface area contributed by atoms with Crippen molar-refractivity contribution in [2.24, 2.45) is 0 Å². The molecule has 0 spiro atoms. The zero-order valence-corrected chi connectivity index (χ0v) is 12.4. The molecule has 0 aliphatic heterocycles. The third-order valence-corrected chi connectivity index (χ3v) is 5.47. The van der Waals surface area contributed by atoms with E-state index >= 15 is 0 Å². The monoisotopic (exact) mass is 285 g/mol. The van der Waals surface area contributed by atoms with Crippen molar-refractivity contribution in [1.29, 1.82) is 0 Å². The molecule has 0 heterocycles. The SMILES string of the molecule is CCOC(=O)C(C)(C)S(=O)(=O)c1cc(N)ccc1C. The largest absolute Gasteiger partial charge is 0.465 e. The summed E-state index contributed by atoms with van der Waals surface area (Å²) in [6, 6.07) is 4.60. The summed E-state index contributed by atoms with van der Waals surface area (Å²) >= 11 is 0. The standard InChI is InChI=1S/C13H19NO4S/c1-5-18-12(15)13(3,4)19(16,17)11-8-10(14)7-6-9(11)2/h6-8H,5,14H2,1-4H3. The number of carbonyl (C=O) groups is 1. The van der Waals surface area contributed by atoms with Gasteiger partial charge in [0.15, 0.2) is 14.6 Å². The Hall–Kier alpha value is -1.56. The van der Waals surface area contributed by atoms with E-state index in [1.54, 1.807) is 26.0 Å². The number of hydrogen-bond acceptors (Lipinski definition) is 5. The van der Waals surface area contributed by atoms with E-state index in [2.05, 4.69) is 0 Å². The fraction of sp³-hybridized carbons (Fsp3) is 0.462. The first kappa shape index (κ1) is 15.5. The number of esters is 1. The highest BCUT2D eigenvalue weighted by molar-refractivity contribution is 7.93. The van der Waals surface area contributed by atoms with Crippen LogP contribution in [0.25, 0.3) is 0 Å². The molecule has 0 amide bonds. The van der Waals surface area contributed by atoms with E-state index in [-0.39, 0.29) is 11.5 Å². The molecule has 0 bridgehead atoms. The molecule has 1 aromatic carbocycles. The molecule has 0 saturated heterocycles. The summed E-state index contributed by atoms with van der Waals surface area (Å²) in [6.07, 6.45) is 0. The van der Waals surface area contributed by atoms with E-state index in [0.29, 0.717) is 11.3 Å². The molecule has 0 aromatic heterocycles. The Labute approximate surface area is 113 Å². The van der Waals surface area contributed by atoms with Crippen LogP contribution < -0.4 is 5.73 Å². The smallest absolute Gasteiger partial charge is 0.327 e. The highest BCUT2D eigenvalue weighted by Crippen LogP contribution is 2.30. The molecular weight excluding hydrogens is 266 g/mol. The van der Waals surface area contributed by atoms with Gasteiger partial charge in [-0.2, -0.15) is 0 Å². The van der Waals surface area contributed by atoms with Gasteiger partial charge in [-0.25, -0.2) is 8.42 Å². The average Bonchev–Trinajstić information content (AvgIpc) is 2.32. The second-order valence-electron chi connectivity index (χ2n) is 4.76. The number of ether oxygens (including phenoxy) is 1. The van der Waals surface area contributed by atoms with Crippen LogP contribution in [0.4, 0.5) is 5.69 Å². The molecule has 19 heavy (non-hydrogen) atoms. The minimum atomic E-state index is -3.87. The van der Waals surface area contributed by atoms with Crippen molar-refractivity contribution < 1.29 is 17.9 Å². The van der Waals surface area contributed by atoms with Crippen LogP contribution in [0.1, 0.15) is 26.3 Å². The summed E-state index contributed by atoms with van der Waals surface area (Å²) in [5.41, 5.74) is 6.51. The van der Waals surface area contributed by atoms with E-state index < -0.39 is 20.6 Å². The Balaban J connectivity index is 3.38. The van der Waals surface area contributed by atoms with Crippen LogP contribution in [0, 0.1) is 6.92 Å². The molecule has 6 heteroatoms. The van der Waals surface area contributed by atoms with Gasteiger partial charge in [-0.1, -0.05) is 6.07 Å². The Morgan fingerprint density at radius 2 is 1.95 bits per heavy atom. The van der Waals surface area contributed by atoms with Crippen LogP contribution >= 0.6 is 0 Å². The van der Waals surface area contributed by atoms with Crippen molar-refractivity contribution in [2.45, 2.75) is 37.3 Å². The van der Waals surface area contributed by atoms with Crippen LogP contribution in [-0.4, -0.2) is 25.7 Å². The molecule has 106 valence electrons. The number of carbonyl (C=O) groups excluding carboxylic acids is 1. The van der Waals surface area contributed by atoms with Crippen molar-refractivity contribution in [2.75, 3.05) is 12.3 Å². The number of rotatable bonds is 4. The van der Waals surface area contributed by atoms with Gasteiger partial charge in [0, 0.05) is 5.69 Å². The fourth-order valence-electron chi connectivity index (χ4n) is 1.60. The lowest BCUT2D eigenvalue weighted by Gasteiger charge is -2.23. The molecule has 2 N–H and O–H groups in total. The minimum Gasteiger partial charge on any atom is -0.465 e. The summed E-state index contributed by atoms with van der Waals surface area (Å²) in [7, 11) is -3.87. The molecule has 1 rings (SSSR count). The van der Waals surface area contributed by atoms with E-state index in [1.165, 1.54) is 19.9 Å². The summed E-state index contributed by atoms with van der Waals surface area (Å²) in [4.78, 5) is 11.9. The molecule has 0 aliphatic rings. The maximum atomic E-state index is 12.6. The lowest BCUT2D eigenvalue weighted by molar-refractivity contribution is -0.145. The lowest BCUT2D eigenvalue weighted by Crippen LogP contribution is -2.42. The topological polar surface area (TPSA) is 86.5 Å². The van der Waals surface area contributed by atoms with E-state index in [1.807, 2.05) is 0 Å². The lowest BCUT2D eigenvalue weighted by atomic mass is 10.2. The van der Waals surface area contributed by atoms with Crippen LogP contribution in [0.2, 0.25) is 0 Å². The van der Waals surface area contributed by atoms with Crippen molar-refractivity contribution in [3.63, 3.8) is 0 Å². The van der Waals surface area contributed by atoms with Crippen molar-refractivity contribution >= 4 is 21.5 Å². The number of anilines is 1. The summed E-state index contributed by atoms with van der Waals surface area (Å²) in [5, 5.41) is 0. The quantitative estimate of drug-likeness (QED) is 0.672. The molecule has 0 saturated carbocycles. The van der Waals surface area contributed by atoms with E-state index in [9.17, 15) is 13.2 Å². The summed E-state index contributed by atoms with van der Waals surface area (Å²) in [6.45, 7) is 6.10. The molecule has 0 fully saturated rings. The van der Waals surface area contributed by atoms with Gasteiger partial charge in [-0.15, -0.1) is 0 Å². The predicted molar refractivity (Wildman–Crippen MR) is 73.5 cm³/mol. The van der Waals surface area contributed by atoms with Gasteiger partial charge in [0.1, 0.15) is 0 Å². The number of hydrogen-bond donors (Lipinski definition) is 1. The molecule has 5 nitrogen and oxygen atoms in total. The Morgan fingerprint density at radius 1 is 1.37 bits per heavy atom. The van der Waals surface area contributed by atoms with Crippen LogP contribution in [-0.2, 0) is 19.4 Å². The number of aryl methyl sites for hydroxylation is 1. The first-order chi connectivity index (χ1) is 8.64. The highest BCUT2D eigenvalue weighted by Gasteiger charge is 2.44. The zero-order valence-electron chi connectivity index (χ0n) is 11.6. The van der Waals surface area contributed by atoms with Gasteiger partial charge in [-0.3, -0.25) is 4.79 Å².